The topological polar surface area (TPSA) is 93.4 Å². The van der Waals surface area contributed by atoms with Gasteiger partial charge in [-0.25, -0.2) is 4.39 Å². The smallest absolute Gasteiger partial charge is 0.113 e. The highest BCUT2D eigenvalue weighted by Gasteiger charge is 2.36. The Morgan fingerprint density at radius 2 is 1.77 bits per heavy atom. The van der Waals surface area contributed by atoms with Crippen LogP contribution in [0.2, 0.25) is 0 Å². The van der Waals surface area contributed by atoms with Crippen molar-refractivity contribution in [1.82, 2.24) is 37.2 Å². The number of alkyl halides is 1. The van der Waals surface area contributed by atoms with Crippen molar-refractivity contribution >= 4 is 0 Å². The van der Waals surface area contributed by atoms with Gasteiger partial charge in [0, 0.05) is 45.4 Å². The van der Waals surface area contributed by atoms with Gasteiger partial charge in [-0.05, 0) is 63.7 Å². The van der Waals surface area contributed by atoms with Crippen LogP contribution in [0.15, 0.2) is 0 Å². The van der Waals surface area contributed by atoms with Crippen molar-refractivity contribution in [3.63, 3.8) is 0 Å². The second-order valence-corrected chi connectivity index (χ2v) is 9.98. The first-order chi connectivity index (χ1) is 15.1. The molecule has 0 aromatic heterocycles. The summed E-state index contributed by atoms with van der Waals surface area (Å²) in [5, 5.41) is 25.7. The van der Waals surface area contributed by atoms with Crippen LogP contribution in [0, 0.1) is 11.8 Å². The summed E-state index contributed by atoms with van der Waals surface area (Å²) in [6.07, 6.45) is 6.80. The molecule has 3 heterocycles. The quantitative estimate of drug-likeness (QED) is 0.300. The first-order valence-corrected chi connectivity index (χ1v) is 12.5. The predicted molar refractivity (Wildman–Crippen MR) is 121 cm³/mol. The van der Waals surface area contributed by atoms with E-state index < -0.39 is 6.17 Å². The van der Waals surface area contributed by atoms with Crippen molar-refractivity contribution in [2.75, 3.05) is 33.3 Å². The Bertz CT molecular complexity index is 522. The Morgan fingerprint density at radius 1 is 0.935 bits per heavy atom. The van der Waals surface area contributed by atoms with Gasteiger partial charge < -0.3 is 10.1 Å². The van der Waals surface area contributed by atoms with Crippen LogP contribution >= 0.6 is 0 Å². The molecule has 4 aliphatic rings. The SMILES string of the molecule is COC1CCC(C2CC(NC3CNCCN3)NC(N[C@@H](C)C3CCC(F)CC3)N2)CN1. The average molecular weight is 442 g/mol. The highest BCUT2D eigenvalue weighted by molar-refractivity contribution is 4.94. The van der Waals surface area contributed by atoms with Crippen LogP contribution in [0.1, 0.15) is 51.9 Å². The monoisotopic (exact) mass is 441 g/mol. The Labute approximate surface area is 187 Å². The average Bonchev–Trinajstić information content (AvgIpc) is 2.80. The van der Waals surface area contributed by atoms with Crippen molar-refractivity contribution < 1.29 is 9.13 Å². The molecule has 0 aromatic rings. The number of methoxy groups -OCH3 is 1. The fraction of sp³-hybridized carbons (Fsp3) is 1.00. The number of hydrogen-bond acceptors (Lipinski definition) is 8. The Balaban J connectivity index is 1.35. The molecular weight excluding hydrogens is 397 g/mol. The molecule has 3 aliphatic heterocycles. The fourth-order valence-electron chi connectivity index (χ4n) is 5.78. The molecule has 4 rings (SSSR count). The highest BCUT2D eigenvalue weighted by Crippen LogP contribution is 2.29. The summed E-state index contributed by atoms with van der Waals surface area (Å²) < 4.78 is 19.1. The summed E-state index contributed by atoms with van der Waals surface area (Å²) >= 11 is 0. The largest absolute Gasteiger partial charge is 0.367 e. The minimum absolute atomic E-state index is 0.0473. The molecule has 3 saturated heterocycles. The summed E-state index contributed by atoms with van der Waals surface area (Å²) in [5.74, 6) is 1.13. The first-order valence-electron chi connectivity index (χ1n) is 12.5. The summed E-state index contributed by atoms with van der Waals surface area (Å²) in [5.41, 5.74) is 0. The van der Waals surface area contributed by atoms with E-state index in [1.54, 1.807) is 7.11 Å². The summed E-state index contributed by atoms with van der Waals surface area (Å²) in [4.78, 5) is 0. The zero-order chi connectivity index (χ0) is 21.6. The van der Waals surface area contributed by atoms with Crippen molar-refractivity contribution in [3.05, 3.63) is 0 Å². The molecule has 1 saturated carbocycles. The number of nitrogens with one attached hydrogen (secondary N) is 7. The lowest BCUT2D eigenvalue weighted by Crippen LogP contribution is -2.72. The van der Waals surface area contributed by atoms with Crippen LogP contribution in [0.5, 0.6) is 0 Å². The Morgan fingerprint density at radius 3 is 2.45 bits per heavy atom. The standard InChI is InChI=1S/C22H44FN7O/c1-14(15-3-6-17(23)7-4-15)27-22-28-18(16-5-8-21(31-2)26-12-16)11-19(30-22)29-20-13-24-9-10-25-20/h14-22,24-30H,3-13H2,1-2H3/t14-,15?,16?,17?,18?,19?,20?,21?,22?/m0/s1. The lowest BCUT2D eigenvalue weighted by atomic mass is 9.83. The van der Waals surface area contributed by atoms with E-state index in [0.29, 0.717) is 36.8 Å². The van der Waals surface area contributed by atoms with Crippen LogP contribution in [0.3, 0.4) is 0 Å². The molecule has 4 fully saturated rings. The van der Waals surface area contributed by atoms with Gasteiger partial charge in [-0.2, -0.15) is 0 Å². The van der Waals surface area contributed by atoms with E-state index >= 15 is 0 Å². The molecule has 1 aliphatic carbocycles. The number of piperazine rings is 1. The summed E-state index contributed by atoms with van der Waals surface area (Å²) in [7, 11) is 1.78. The Kier molecular flexibility index (Phi) is 8.93. The number of halogens is 1. The van der Waals surface area contributed by atoms with Crippen molar-refractivity contribution in [2.45, 2.75) is 95.0 Å². The summed E-state index contributed by atoms with van der Waals surface area (Å²) in [6, 6.07) is 0.778. The summed E-state index contributed by atoms with van der Waals surface area (Å²) in [6.45, 7) is 6.20. The maximum Gasteiger partial charge on any atom is 0.113 e. The molecule has 0 radical (unpaired) electrons. The fourth-order valence-corrected chi connectivity index (χ4v) is 5.78. The van der Waals surface area contributed by atoms with Crippen LogP contribution in [0.4, 0.5) is 4.39 Å². The third-order valence-corrected chi connectivity index (χ3v) is 7.78. The molecule has 6 unspecified atom stereocenters. The van der Waals surface area contributed by atoms with E-state index in [-0.39, 0.29) is 24.8 Å². The first kappa shape index (κ1) is 23.8. The molecule has 0 amide bonds. The van der Waals surface area contributed by atoms with Gasteiger partial charge in [-0.3, -0.25) is 31.9 Å². The third kappa shape index (κ3) is 6.80. The van der Waals surface area contributed by atoms with Crippen LogP contribution in [-0.2, 0) is 4.74 Å². The molecule has 180 valence electrons. The van der Waals surface area contributed by atoms with Gasteiger partial charge in [0.2, 0.25) is 0 Å². The number of hydrogen-bond donors (Lipinski definition) is 7. The van der Waals surface area contributed by atoms with Gasteiger partial charge >= 0.3 is 0 Å². The van der Waals surface area contributed by atoms with Gasteiger partial charge in [0.15, 0.2) is 0 Å². The second-order valence-electron chi connectivity index (χ2n) is 9.98. The molecule has 31 heavy (non-hydrogen) atoms. The molecule has 8 nitrogen and oxygen atoms in total. The Hall–Kier alpha value is -0.390. The van der Waals surface area contributed by atoms with Gasteiger partial charge in [0.1, 0.15) is 18.7 Å². The maximum absolute atomic E-state index is 13.6. The zero-order valence-electron chi connectivity index (χ0n) is 19.3. The van der Waals surface area contributed by atoms with Crippen LogP contribution in [0.25, 0.3) is 0 Å². The zero-order valence-corrected chi connectivity index (χ0v) is 19.3. The van der Waals surface area contributed by atoms with E-state index in [9.17, 15) is 4.39 Å². The minimum Gasteiger partial charge on any atom is -0.367 e. The molecule has 9 heteroatoms. The second kappa shape index (κ2) is 11.7. The van der Waals surface area contributed by atoms with E-state index in [4.69, 9.17) is 4.74 Å². The highest BCUT2D eigenvalue weighted by atomic mass is 19.1. The molecular formula is C22H44FN7O. The molecule has 7 atom stereocenters. The van der Waals surface area contributed by atoms with E-state index in [1.165, 1.54) is 6.42 Å². The predicted octanol–water partition coefficient (Wildman–Crippen LogP) is 0.135. The van der Waals surface area contributed by atoms with Gasteiger partial charge in [0.25, 0.3) is 0 Å². The van der Waals surface area contributed by atoms with Crippen LogP contribution in [-0.4, -0.2) is 76.4 Å². The van der Waals surface area contributed by atoms with E-state index in [0.717, 1.165) is 51.9 Å². The number of rotatable bonds is 7. The molecule has 0 bridgehead atoms. The molecule has 0 spiro atoms. The molecule has 0 aromatic carbocycles. The minimum atomic E-state index is -0.598. The normalized spacial score (nSPS) is 43.5. The van der Waals surface area contributed by atoms with Crippen molar-refractivity contribution in [1.29, 1.82) is 0 Å². The van der Waals surface area contributed by atoms with E-state index in [2.05, 4.69) is 44.1 Å². The van der Waals surface area contributed by atoms with Crippen molar-refractivity contribution in [2.24, 2.45) is 11.8 Å². The van der Waals surface area contributed by atoms with Gasteiger partial charge in [0.05, 0.1) is 12.3 Å². The van der Waals surface area contributed by atoms with Crippen molar-refractivity contribution in [3.8, 4) is 0 Å². The molecule has 7 N–H and O–H groups in total. The van der Waals surface area contributed by atoms with Gasteiger partial charge in [-0.15, -0.1) is 0 Å². The maximum atomic E-state index is 13.6. The number of ether oxygens (including phenoxy) is 1. The number of piperidine rings is 1. The van der Waals surface area contributed by atoms with Gasteiger partial charge in [-0.1, -0.05) is 0 Å². The van der Waals surface area contributed by atoms with Crippen LogP contribution < -0.4 is 37.2 Å². The lowest BCUT2D eigenvalue weighted by Gasteiger charge is -2.46. The lowest BCUT2D eigenvalue weighted by molar-refractivity contribution is 0.0246. The third-order valence-electron chi connectivity index (χ3n) is 7.78. The van der Waals surface area contributed by atoms with E-state index in [1.807, 2.05) is 0 Å².